The Kier molecular flexibility index (Phi) is 51.7. The third kappa shape index (κ3) is 43.2. The molecule has 0 bridgehead atoms. The Labute approximate surface area is 456 Å². The van der Waals surface area contributed by atoms with E-state index in [0.717, 1.165) is 51.4 Å². The summed E-state index contributed by atoms with van der Waals surface area (Å²) in [5.74, 6) is -0.174. The first-order valence-corrected chi connectivity index (χ1v) is 31.9. The molecule has 6 N–H and O–H groups in total. The lowest BCUT2D eigenvalue weighted by Crippen LogP contribution is -2.60. The molecule has 1 heterocycles. The summed E-state index contributed by atoms with van der Waals surface area (Å²) < 4.78 is 11.2. The highest BCUT2D eigenvalue weighted by molar-refractivity contribution is 5.76. The first-order chi connectivity index (χ1) is 36.3. The Bertz CT molecular complexity index is 1300. The van der Waals surface area contributed by atoms with E-state index in [4.69, 9.17) is 9.47 Å². The van der Waals surface area contributed by atoms with Gasteiger partial charge < -0.3 is 40.3 Å². The number of rotatable bonds is 55. The van der Waals surface area contributed by atoms with Crippen molar-refractivity contribution in [2.24, 2.45) is 0 Å². The van der Waals surface area contributed by atoms with Gasteiger partial charge in [0.1, 0.15) is 24.4 Å². The molecule has 9 heteroatoms. The van der Waals surface area contributed by atoms with Crippen LogP contribution in [0.25, 0.3) is 0 Å². The molecule has 7 atom stereocenters. The summed E-state index contributed by atoms with van der Waals surface area (Å²) in [7, 11) is 0. The lowest BCUT2D eigenvalue weighted by atomic mass is 9.99. The quantitative estimate of drug-likeness (QED) is 0.0261. The van der Waals surface area contributed by atoms with Crippen molar-refractivity contribution in [3.05, 3.63) is 48.6 Å². The molecular weight excluding hydrogens is 923 g/mol. The zero-order valence-electron chi connectivity index (χ0n) is 48.4. The van der Waals surface area contributed by atoms with E-state index in [2.05, 4.69) is 55.6 Å². The first kappa shape index (κ1) is 70.2. The molecule has 0 spiro atoms. The summed E-state index contributed by atoms with van der Waals surface area (Å²) in [6.07, 6.45) is 66.7. The lowest BCUT2D eigenvalue weighted by Gasteiger charge is -2.40. The average Bonchev–Trinajstić information content (AvgIpc) is 3.40. The van der Waals surface area contributed by atoms with Crippen LogP contribution < -0.4 is 5.32 Å². The van der Waals surface area contributed by atoms with Crippen LogP contribution in [0, 0.1) is 0 Å². The van der Waals surface area contributed by atoms with E-state index >= 15 is 0 Å². The number of hydrogen-bond donors (Lipinski definition) is 6. The molecule has 1 amide bonds. The maximum atomic E-state index is 13.0. The van der Waals surface area contributed by atoms with E-state index in [-0.39, 0.29) is 12.5 Å². The number of allylic oxidation sites excluding steroid dienone is 7. The second-order valence-electron chi connectivity index (χ2n) is 22.2. The molecule has 0 radical (unpaired) electrons. The van der Waals surface area contributed by atoms with Gasteiger partial charge in [0.05, 0.1) is 25.4 Å². The number of carbonyl (C=O) groups is 1. The Morgan fingerprint density at radius 2 is 0.797 bits per heavy atom. The number of unbranched alkanes of at least 4 members (excludes halogenated alkanes) is 39. The third-order valence-electron chi connectivity index (χ3n) is 15.1. The standard InChI is InChI=1S/C65H121NO8/c1-3-5-7-9-11-13-15-16-17-18-19-20-21-22-23-24-25-26-27-28-29-30-31-32-33-34-35-36-37-38-39-40-41-42-43-44-45-47-49-51-53-55-61(69)66-58(57-73-65-64(72)63(71)62(70)60(56-67)74-65)59(68)54-52-50-48-46-14-12-10-8-6-4-2/h15-16,18-19,21-22,52,54,58-60,62-65,67-68,70-72H,3-14,17,20,23-51,53,55-57H2,1-2H3,(H,66,69)/b16-15-,19-18-,22-21-,54-52+. The van der Waals surface area contributed by atoms with E-state index < -0.39 is 49.5 Å². The highest BCUT2D eigenvalue weighted by Gasteiger charge is 2.44. The largest absolute Gasteiger partial charge is 0.394 e. The summed E-state index contributed by atoms with van der Waals surface area (Å²) in [5, 5.41) is 54.3. The molecule has 0 aliphatic carbocycles. The fourth-order valence-electron chi connectivity index (χ4n) is 10.1. The number of amides is 1. The molecule has 1 aliphatic heterocycles. The van der Waals surface area contributed by atoms with Gasteiger partial charge in [-0.25, -0.2) is 0 Å². The van der Waals surface area contributed by atoms with E-state index in [1.807, 2.05) is 6.08 Å². The van der Waals surface area contributed by atoms with Gasteiger partial charge in [-0.15, -0.1) is 0 Å². The number of aliphatic hydroxyl groups excluding tert-OH is 5. The molecule has 434 valence electrons. The van der Waals surface area contributed by atoms with Crippen molar-refractivity contribution >= 4 is 5.91 Å². The van der Waals surface area contributed by atoms with Crippen LogP contribution in [-0.2, 0) is 14.3 Å². The maximum Gasteiger partial charge on any atom is 0.220 e. The van der Waals surface area contributed by atoms with Gasteiger partial charge in [0, 0.05) is 6.42 Å². The summed E-state index contributed by atoms with van der Waals surface area (Å²) in [6.45, 7) is 3.76. The highest BCUT2D eigenvalue weighted by Crippen LogP contribution is 2.23. The molecular formula is C65H121NO8. The van der Waals surface area contributed by atoms with Crippen LogP contribution in [0.3, 0.4) is 0 Å². The van der Waals surface area contributed by atoms with Crippen molar-refractivity contribution in [3.63, 3.8) is 0 Å². The molecule has 1 fully saturated rings. The smallest absolute Gasteiger partial charge is 0.220 e. The topological polar surface area (TPSA) is 149 Å². The van der Waals surface area contributed by atoms with Crippen LogP contribution >= 0.6 is 0 Å². The molecule has 0 aromatic carbocycles. The van der Waals surface area contributed by atoms with Gasteiger partial charge in [-0.1, -0.05) is 287 Å². The Morgan fingerprint density at radius 1 is 0.459 bits per heavy atom. The fraction of sp³-hybridized carbons (Fsp3) is 0.862. The molecule has 0 aromatic heterocycles. The van der Waals surface area contributed by atoms with Gasteiger partial charge in [0.15, 0.2) is 6.29 Å². The summed E-state index contributed by atoms with van der Waals surface area (Å²) in [4.78, 5) is 13.0. The molecule has 0 aromatic rings. The lowest BCUT2D eigenvalue weighted by molar-refractivity contribution is -0.302. The summed E-state index contributed by atoms with van der Waals surface area (Å²) in [6, 6.07) is -0.801. The predicted molar refractivity (Wildman–Crippen MR) is 313 cm³/mol. The normalized spacial score (nSPS) is 19.3. The van der Waals surface area contributed by atoms with Crippen molar-refractivity contribution in [2.75, 3.05) is 13.2 Å². The van der Waals surface area contributed by atoms with Gasteiger partial charge >= 0.3 is 0 Å². The Hall–Kier alpha value is -1.85. The van der Waals surface area contributed by atoms with Crippen molar-refractivity contribution in [2.45, 2.75) is 346 Å². The van der Waals surface area contributed by atoms with Crippen LogP contribution in [0.4, 0.5) is 0 Å². The van der Waals surface area contributed by atoms with Gasteiger partial charge in [0.2, 0.25) is 5.91 Å². The molecule has 74 heavy (non-hydrogen) atoms. The number of aliphatic hydroxyl groups is 5. The molecule has 1 rings (SSSR count). The van der Waals surface area contributed by atoms with Gasteiger partial charge in [-0.05, 0) is 57.8 Å². The number of nitrogens with one attached hydrogen (secondary N) is 1. The molecule has 7 unspecified atom stereocenters. The second kappa shape index (κ2) is 54.5. The van der Waals surface area contributed by atoms with E-state index in [9.17, 15) is 30.3 Å². The van der Waals surface area contributed by atoms with Crippen molar-refractivity contribution < 1.29 is 39.8 Å². The SMILES string of the molecule is CCCCCCC/C=C\C/C=C\C/C=C\CCCCCCCCCCCCCCCCCCCCCCCCCCCCC(=O)NC(COC1OC(CO)C(O)C(O)C1O)C(O)/C=C/CCCCCCCCCC. The average molecular weight is 1040 g/mol. The number of ether oxygens (including phenoxy) is 2. The third-order valence-corrected chi connectivity index (χ3v) is 15.1. The van der Waals surface area contributed by atoms with Gasteiger partial charge in [-0.3, -0.25) is 4.79 Å². The Balaban J connectivity index is 1.98. The van der Waals surface area contributed by atoms with Crippen molar-refractivity contribution in [1.29, 1.82) is 0 Å². The zero-order valence-corrected chi connectivity index (χ0v) is 48.4. The highest BCUT2D eigenvalue weighted by atomic mass is 16.7. The molecule has 1 aliphatic rings. The monoisotopic (exact) mass is 1040 g/mol. The zero-order chi connectivity index (χ0) is 53.6. The fourth-order valence-corrected chi connectivity index (χ4v) is 10.1. The predicted octanol–water partition coefficient (Wildman–Crippen LogP) is 16.5. The van der Waals surface area contributed by atoms with E-state index in [1.165, 1.54) is 231 Å². The minimum absolute atomic E-state index is 0.174. The van der Waals surface area contributed by atoms with Crippen LogP contribution in [0.1, 0.15) is 303 Å². The van der Waals surface area contributed by atoms with Gasteiger partial charge in [-0.2, -0.15) is 0 Å². The maximum absolute atomic E-state index is 13.0. The molecule has 1 saturated heterocycles. The second-order valence-corrected chi connectivity index (χ2v) is 22.2. The van der Waals surface area contributed by atoms with Crippen LogP contribution in [0.2, 0.25) is 0 Å². The van der Waals surface area contributed by atoms with Crippen LogP contribution in [0.5, 0.6) is 0 Å². The van der Waals surface area contributed by atoms with Crippen molar-refractivity contribution in [1.82, 2.24) is 5.32 Å². The van der Waals surface area contributed by atoms with Gasteiger partial charge in [0.25, 0.3) is 0 Å². The number of hydrogen-bond acceptors (Lipinski definition) is 8. The first-order valence-electron chi connectivity index (χ1n) is 31.9. The van der Waals surface area contributed by atoms with Crippen molar-refractivity contribution in [3.8, 4) is 0 Å². The number of carbonyl (C=O) groups excluding carboxylic acids is 1. The molecule has 9 nitrogen and oxygen atoms in total. The van der Waals surface area contributed by atoms with Crippen LogP contribution in [0.15, 0.2) is 48.6 Å². The Morgan fingerprint density at radius 3 is 1.18 bits per heavy atom. The minimum atomic E-state index is -1.56. The minimum Gasteiger partial charge on any atom is -0.394 e. The van der Waals surface area contributed by atoms with E-state index in [0.29, 0.717) is 6.42 Å². The van der Waals surface area contributed by atoms with E-state index in [1.54, 1.807) is 6.08 Å². The summed E-state index contributed by atoms with van der Waals surface area (Å²) in [5.41, 5.74) is 0. The molecule has 0 saturated carbocycles. The summed E-state index contributed by atoms with van der Waals surface area (Å²) >= 11 is 0. The van der Waals surface area contributed by atoms with Crippen LogP contribution in [-0.4, -0.2) is 87.5 Å².